The summed E-state index contributed by atoms with van der Waals surface area (Å²) in [5.74, 6) is 0. The van der Waals surface area contributed by atoms with Crippen LogP contribution in [0.25, 0.3) is 0 Å². The number of nitrogens with one attached hydrogen (secondary N) is 1. The summed E-state index contributed by atoms with van der Waals surface area (Å²) in [6.07, 6.45) is 4.24. The Morgan fingerprint density at radius 1 is 1.44 bits per heavy atom. The highest BCUT2D eigenvalue weighted by Gasteiger charge is 2.25. The Kier molecular flexibility index (Phi) is 3.22. The summed E-state index contributed by atoms with van der Waals surface area (Å²) in [5, 5.41) is 8.83. The summed E-state index contributed by atoms with van der Waals surface area (Å²) in [7, 11) is -3.49. The molecule has 2 rings (SSSR count). The zero-order chi connectivity index (χ0) is 11.6. The van der Waals surface area contributed by atoms with Gasteiger partial charge in [-0.2, -0.15) is 0 Å². The van der Waals surface area contributed by atoms with Crippen molar-refractivity contribution in [3.05, 3.63) is 23.9 Å². The number of sulfonamides is 1. The molecule has 6 heteroatoms. The molecule has 2 N–H and O–H groups in total. The van der Waals surface area contributed by atoms with E-state index < -0.39 is 10.0 Å². The van der Waals surface area contributed by atoms with Crippen LogP contribution in [0.2, 0.25) is 0 Å². The molecule has 16 heavy (non-hydrogen) atoms. The van der Waals surface area contributed by atoms with Gasteiger partial charge in [0.1, 0.15) is 0 Å². The molecule has 1 fully saturated rings. The molecular weight excluding hydrogens is 228 g/mol. The van der Waals surface area contributed by atoms with Crippen molar-refractivity contribution in [1.29, 1.82) is 0 Å². The van der Waals surface area contributed by atoms with E-state index >= 15 is 0 Å². The van der Waals surface area contributed by atoms with Crippen LogP contribution >= 0.6 is 0 Å². The van der Waals surface area contributed by atoms with Crippen molar-refractivity contribution in [2.45, 2.75) is 36.9 Å². The molecule has 1 aliphatic rings. The maximum absolute atomic E-state index is 11.8. The lowest BCUT2D eigenvalue weighted by Gasteiger charge is -2.25. The van der Waals surface area contributed by atoms with Gasteiger partial charge < -0.3 is 5.11 Å². The molecule has 0 amide bonds. The smallest absolute Gasteiger partial charge is 0.258 e. The Hall–Kier alpha value is -0.980. The number of aliphatic hydroxyl groups is 1. The molecule has 1 aliphatic carbocycles. The molecule has 88 valence electrons. The molecule has 5 nitrogen and oxygen atoms in total. The quantitative estimate of drug-likeness (QED) is 0.801. The molecule has 0 unspecified atom stereocenters. The molecule has 1 saturated carbocycles. The second-order valence-electron chi connectivity index (χ2n) is 3.91. The van der Waals surface area contributed by atoms with Gasteiger partial charge in [-0.1, -0.05) is 12.5 Å². The topological polar surface area (TPSA) is 79.3 Å². The molecular formula is C10H14N2O3S. The molecule has 1 heterocycles. The van der Waals surface area contributed by atoms with Crippen molar-refractivity contribution >= 4 is 10.0 Å². The summed E-state index contributed by atoms with van der Waals surface area (Å²) >= 11 is 0. The Bertz CT molecular complexity index is 451. The summed E-state index contributed by atoms with van der Waals surface area (Å²) < 4.78 is 26.2. The molecule has 1 aromatic heterocycles. The van der Waals surface area contributed by atoms with Crippen molar-refractivity contribution in [2.75, 3.05) is 0 Å². The molecule has 0 aromatic carbocycles. The number of aliphatic hydroxyl groups excluding tert-OH is 1. The average molecular weight is 242 g/mol. The van der Waals surface area contributed by atoms with Gasteiger partial charge >= 0.3 is 0 Å². The fourth-order valence-electron chi connectivity index (χ4n) is 1.47. The molecule has 1 aromatic rings. The fourth-order valence-corrected chi connectivity index (χ4v) is 2.70. The molecule has 0 saturated heterocycles. The van der Waals surface area contributed by atoms with E-state index in [2.05, 4.69) is 9.71 Å². The van der Waals surface area contributed by atoms with Crippen LogP contribution in [0.4, 0.5) is 0 Å². The van der Waals surface area contributed by atoms with Gasteiger partial charge in [0, 0.05) is 12.2 Å². The van der Waals surface area contributed by atoms with Gasteiger partial charge in [0.05, 0.1) is 6.61 Å². The highest BCUT2D eigenvalue weighted by atomic mass is 32.2. The van der Waals surface area contributed by atoms with Gasteiger partial charge in [0.15, 0.2) is 5.03 Å². The van der Waals surface area contributed by atoms with E-state index in [1.165, 1.54) is 12.3 Å². The van der Waals surface area contributed by atoms with E-state index in [1.807, 2.05) is 0 Å². The Balaban J connectivity index is 2.14. The van der Waals surface area contributed by atoms with Crippen LogP contribution in [0, 0.1) is 0 Å². The van der Waals surface area contributed by atoms with Crippen molar-refractivity contribution in [3.63, 3.8) is 0 Å². The van der Waals surface area contributed by atoms with Crippen LogP contribution < -0.4 is 4.72 Å². The second-order valence-corrected chi connectivity index (χ2v) is 5.57. The van der Waals surface area contributed by atoms with Crippen LogP contribution in [0.5, 0.6) is 0 Å². The summed E-state index contributed by atoms with van der Waals surface area (Å²) in [6, 6.07) is 3.03. The summed E-state index contributed by atoms with van der Waals surface area (Å²) in [5.41, 5.74) is 0.600. The van der Waals surface area contributed by atoms with Crippen molar-refractivity contribution in [1.82, 2.24) is 9.71 Å². The first-order valence-electron chi connectivity index (χ1n) is 5.20. The van der Waals surface area contributed by atoms with Gasteiger partial charge in [0.25, 0.3) is 10.0 Å². The van der Waals surface area contributed by atoms with Crippen LogP contribution in [-0.2, 0) is 16.6 Å². The van der Waals surface area contributed by atoms with Crippen LogP contribution in [0.3, 0.4) is 0 Å². The predicted molar refractivity (Wildman–Crippen MR) is 58.1 cm³/mol. The number of pyridine rings is 1. The SMILES string of the molecule is O=S(=O)(NC1CCC1)c1ccc(CO)cn1. The Morgan fingerprint density at radius 3 is 2.62 bits per heavy atom. The maximum atomic E-state index is 11.8. The molecule has 0 aliphatic heterocycles. The third-order valence-electron chi connectivity index (χ3n) is 2.68. The van der Waals surface area contributed by atoms with E-state index in [0.29, 0.717) is 5.56 Å². The largest absolute Gasteiger partial charge is 0.392 e. The Morgan fingerprint density at radius 2 is 2.19 bits per heavy atom. The van der Waals surface area contributed by atoms with Crippen molar-refractivity contribution in [2.24, 2.45) is 0 Å². The lowest BCUT2D eigenvalue weighted by Crippen LogP contribution is -2.39. The average Bonchev–Trinajstić information content (AvgIpc) is 2.24. The van der Waals surface area contributed by atoms with Crippen molar-refractivity contribution in [3.8, 4) is 0 Å². The van der Waals surface area contributed by atoms with E-state index in [4.69, 9.17) is 5.11 Å². The second kappa shape index (κ2) is 4.48. The van der Waals surface area contributed by atoms with E-state index in [-0.39, 0.29) is 17.7 Å². The first-order chi connectivity index (χ1) is 7.62. The van der Waals surface area contributed by atoms with Crippen LogP contribution in [0.1, 0.15) is 24.8 Å². The van der Waals surface area contributed by atoms with E-state index in [9.17, 15) is 8.42 Å². The first-order valence-corrected chi connectivity index (χ1v) is 6.68. The minimum absolute atomic E-state index is 0.0107. The first kappa shape index (κ1) is 11.5. The lowest BCUT2D eigenvalue weighted by atomic mass is 9.94. The standard InChI is InChI=1S/C10H14N2O3S/c13-7-8-4-5-10(11-6-8)16(14,15)12-9-2-1-3-9/h4-6,9,12-13H,1-3,7H2. The van der Waals surface area contributed by atoms with Gasteiger partial charge in [-0.3, -0.25) is 0 Å². The molecule has 0 bridgehead atoms. The third-order valence-corrected chi connectivity index (χ3v) is 4.12. The van der Waals surface area contributed by atoms with Crippen LogP contribution in [0.15, 0.2) is 23.4 Å². The van der Waals surface area contributed by atoms with E-state index in [0.717, 1.165) is 19.3 Å². The van der Waals surface area contributed by atoms with Gasteiger partial charge in [0.2, 0.25) is 0 Å². The monoisotopic (exact) mass is 242 g/mol. The maximum Gasteiger partial charge on any atom is 0.258 e. The number of nitrogens with zero attached hydrogens (tertiary/aromatic N) is 1. The molecule has 0 spiro atoms. The highest BCUT2D eigenvalue weighted by molar-refractivity contribution is 7.89. The van der Waals surface area contributed by atoms with Gasteiger partial charge in [-0.05, 0) is 24.5 Å². The third kappa shape index (κ3) is 2.40. The summed E-state index contributed by atoms with van der Waals surface area (Å²) in [4.78, 5) is 3.82. The number of hydrogen-bond donors (Lipinski definition) is 2. The number of hydrogen-bond acceptors (Lipinski definition) is 4. The highest BCUT2D eigenvalue weighted by Crippen LogP contribution is 2.20. The van der Waals surface area contributed by atoms with Crippen LogP contribution in [-0.4, -0.2) is 24.6 Å². The Labute approximate surface area is 94.6 Å². The van der Waals surface area contributed by atoms with Gasteiger partial charge in [-0.15, -0.1) is 0 Å². The number of aromatic nitrogens is 1. The lowest BCUT2D eigenvalue weighted by molar-refractivity contribution is 0.281. The fraction of sp³-hybridized carbons (Fsp3) is 0.500. The van der Waals surface area contributed by atoms with E-state index in [1.54, 1.807) is 6.07 Å². The number of rotatable bonds is 4. The normalized spacial score (nSPS) is 17.1. The zero-order valence-electron chi connectivity index (χ0n) is 8.76. The zero-order valence-corrected chi connectivity index (χ0v) is 9.57. The molecule has 0 atom stereocenters. The molecule has 0 radical (unpaired) electrons. The minimum Gasteiger partial charge on any atom is -0.392 e. The predicted octanol–water partition coefficient (Wildman–Crippen LogP) is 0.405. The summed E-state index contributed by atoms with van der Waals surface area (Å²) in [6.45, 7) is -0.136. The van der Waals surface area contributed by atoms with Gasteiger partial charge in [-0.25, -0.2) is 18.1 Å². The van der Waals surface area contributed by atoms with Crippen molar-refractivity contribution < 1.29 is 13.5 Å². The minimum atomic E-state index is -3.49.